The number of carbonyl (C=O) groups excluding carboxylic acids is 4. The van der Waals surface area contributed by atoms with Gasteiger partial charge in [0.15, 0.2) is 11.1 Å². The van der Waals surface area contributed by atoms with Gasteiger partial charge in [0.05, 0.1) is 12.1 Å². The minimum atomic E-state index is -1.41. The smallest absolute Gasteiger partial charge is 0.330 e. The second-order valence-electron chi connectivity index (χ2n) is 7.16. The molecule has 0 aromatic rings. The Bertz CT molecular complexity index is 803. The van der Waals surface area contributed by atoms with Gasteiger partial charge in [-0.25, -0.2) is 9.59 Å². The number of nitrogens with zero attached hydrogens (tertiary/aromatic N) is 4. The highest BCUT2D eigenvalue weighted by molar-refractivity contribution is 5.81. The van der Waals surface area contributed by atoms with Crippen LogP contribution in [0.5, 0.6) is 0 Å². The van der Waals surface area contributed by atoms with Crippen LogP contribution in [-0.2, 0) is 38.1 Å². The molecule has 0 heterocycles. The number of azo groups is 1. The molecule has 2 atom stereocenters. The zero-order chi connectivity index (χ0) is 26.0. The second-order valence-corrected chi connectivity index (χ2v) is 7.16. The summed E-state index contributed by atoms with van der Waals surface area (Å²) in [4.78, 5) is 45.4. The van der Waals surface area contributed by atoms with Crippen molar-refractivity contribution in [2.75, 3.05) is 26.4 Å². The fourth-order valence-corrected chi connectivity index (χ4v) is 2.03. The van der Waals surface area contributed by atoms with Crippen molar-refractivity contribution in [1.29, 1.82) is 10.5 Å². The summed E-state index contributed by atoms with van der Waals surface area (Å²) in [6.07, 6.45) is 1.56. The van der Waals surface area contributed by atoms with Gasteiger partial charge in [0.2, 0.25) is 0 Å². The van der Waals surface area contributed by atoms with Crippen molar-refractivity contribution in [2.24, 2.45) is 10.2 Å². The van der Waals surface area contributed by atoms with E-state index in [-0.39, 0.29) is 52.1 Å². The van der Waals surface area contributed by atoms with Crippen LogP contribution >= 0.6 is 0 Å². The summed E-state index contributed by atoms with van der Waals surface area (Å²) < 4.78 is 19.1. The first-order valence-corrected chi connectivity index (χ1v) is 10.2. The molecule has 34 heavy (non-hydrogen) atoms. The third-order valence-electron chi connectivity index (χ3n) is 4.12. The maximum Gasteiger partial charge on any atom is 0.330 e. The van der Waals surface area contributed by atoms with Crippen molar-refractivity contribution in [1.82, 2.24) is 0 Å². The zero-order valence-electron chi connectivity index (χ0n) is 19.3. The van der Waals surface area contributed by atoms with Crippen LogP contribution in [0.4, 0.5) is 0 Å². The van der Waals surface area contributed by atoms with Crippen molar-refractivity contribution >= 4 is 23.9 Å². The van der Waals surface area contributed by atoms with Crippen molar-refractivity contribution in [3.05, 3.63) is 25.3 Å². The van der Waals surface area contributed by atoms with E-state index >= 15 is 0 Å². The first kappa shape index (κ1) is 29.9. The highest BCUT2D eigenvalue weighted by atomic mass is 16.6. The van der Waals surface area contributed by atoms with E-state index in [2.05, 4.69) is 32.9 Å². The quantitative estimate of drug-likeness (QED) is 0.105. The van der Waals surface area contributed by atoms with E-state index in [1.807, 2.05) is 12.1 Å². The van der Waals surface area contributed by atoms with Gasteiger partial charge in [-0.1, -0.05) is 13.2 Å². The van der Waals surface area contributed by atoms with Crippen molar-refractivity contribution in [3.63, 3.8) is 0 Å². The molecule has 12 heteroatoms. The van der Waals surface area contributed by atoms with Crippen LogP contribution in [0, 0.1) is 22.7 Å². The summed E-state index contributed by atoms with van der Waals surface area (Å²) in [5.74, 6) is -2.54. The highest BCUT2D eigenvalue weighted by Gasteiger charge is 2.30. The number of rotatable bonds is 16. The fraction of sp³-hybridized carbons (Fsp3) is 0.545. The third kappa shape index (κ3) is 13.4. The van der Waals surface area contributed by atoms with E-state index in [1.165, 1.54) is 13.8 Å². The Morgan fingerprint density at radius 1 is 0.735 bits per heavy atom. The van der Waals surface area contributed by atoms with Crippen molar-refractivity contribution < 1.29 is 38.1 Å². The molecule has 0 bridgehead atoms. The standard InChI is InChI=1S/C22H28N4O8/c1-5-17(27)31-11-13-33-19(29)7-9-21(3,15-23)25-26-22(4,16-24)10-8-20(30)34-14-12-32-18(28)6-2/h5-6H,1-2,7-14H2,3-4H3. The molecule has 0 radical (unpaired) electrons. The fourth-order valence-electron chi connectivity index (χ4n) is 2.03. The Hall–Kier alpha value is -4.06. The van der Waals surface area contributed by atoms with Gasteiger partial charge in [0.25, 0.3) is 0 Å². The van der Waals surface area contributed by atoms with E-state index in [1.54, 1.807) is 0 Å². The number of ether oxygens (including phenoxy) is 4. The number of nitriles is 2. The third-order valence-corrected chi connectivity index (χ3v) is 4.12. The minimum absolute atomic E-state index is 0.0365. The maximum atomic E-state index is 11.8. The highest BCUT2D eigenvalue weighted by Crippen LogP contribution is 2.23. The van der Waals surface area contributed by atoms with E-state index in [4.69, 9.17) is 9.47 Å². The average molecular weight is 476 g/mol. The first-order valence-electron chi connectivity index (χ1n) is 10.2. The Balaban J connectivity index is 4.62. The molecule has 0 aliphatic heterocycles. The van der Waals surface area contributed by atoms with E-state index in [0.717, 1.165) is 12.2 Å². The Kier molecular flexibility index (Phi) is 13.8. The van der Waals surface area contributed by atoms with Crippen molar-refractivity contribution in [2.45, 2.75) is 50.6 Å². The van der Waals surface area contributed by atoms with Crippen LogP contribution in [0.25, 0.3) is 0 Å². The number of carbonyl (C=O) groups is 4. The van der Waals surface area contributed by atoms with E-state index in [9.17, 15) is 29.7 Å². The van der Waals surface area contributed by atoms with E-state index in [0.29, 0.717) is 0 Å². The average Bonchev–Trinajstić information content (AvgIpc) is 2.85. The Morgan fingerprint density at radius 2 is 1.06 bits per heavy atom. The summed E-state index contributed by atoms with van der Waals surface area (Å²) in [5.41, 5.74) is -2.83. The summed E-state index contributed by atoms with van der Waals surface area (Å²) in [5, 5.41) is 26.8. The lowest BCUT2D eigenvalue weighted by Crippen LogP contribution is -2.26. The molecule has 0 aliphatic carbocycles. The van der Waals surface area contributed by atoms with Gasteiger partial charge in [-0.3, -0.25) is 9.59 Å². The first-order chi connectivity index (χ1) is 16.0. The normalized spacial score (nSPS) is 13.8. The van der Waals surface area contributed by atoms with Gasteiger partial charge in [-0.2, -0.15) is 20.8 Å². The molecule has 0 aromatic carbocycles. The van der Waals surface area contributed by atoms with Crippen LogP contribution in [0.2, 0.25) is 0 Å². The molecule has 0 spiro atoms. The molecule has 0 rings (SSSR count). The summed E-state index contributed by atoms with van der Waals surface area (Å²) in [6.45, 7) is 8.78. The van der Waals surface area contributed by atoms with Gasteiger partial charge < -0.3 is 18.9 Å². The maximum absolute atomic E-state index is 11.8. The van der Waals surface area contributed by atoms with Gasteiger partial charge in [0, 0.05) is 25.0 Å². The summed E-state index contributed by atoms with van der Waals surface area (Å²) >= 11 is 0. The second kappa shape index (κ2) is 15.7. The molecular weight excluding hydrogens is 448 g/mol. The zero-order valence-corrected chi connectivity index (χ0v) is 19.3. The largest absolute Gasteiger partial charge is 0.462 e. The molecular formula is C22H28N4O8. The Morgan fingerprint density at radius 3 is 1.35 bits per heavy atom. The Labute approximate surface area is 197 Å². The minimum Gasteiger partial charge on any atom is -0.462 e. The monoisotopic (exact) mass is 476 g/mol. The number of hydrogen-bond acceptors (Lipinski definition) is 12. The molecule has 0 aromatic heterocycles. The molecule has 0 fully saturated rings. The van der Waals surface area contributed by atoms with Crippen LogP contribution in [0.1, 0.15) is 39.5 Å². The molecule has 0 amide bonds. The molecule has 0 saturated carbocycles. The number of esters is 4. The molecule has 12 nitrogen and oxygen atoms in total. The molecule has 2 unspecified atom stereocenters. The predicted octanol–water partition coefficient (Wildman–Crippen LogP) is 2.11. The summed E-state index contributed by atoms with van der Waals surface area (Å²) in [7, 11) is 0. The van der Waals surface area contributed by atoms with E-state index < -0.39 is 35.0 Å². The molecule has 184 valence electrons. The lowest BCUT2D eigenvalue weighted by Gasteiger charge is -2.19. The number of hydrogen-bond donors (Lipinski definition) is 0. The van der Waals surface area contributed by atoms with Crippen LogP contribution in [0.15, 0.2) is 35.5 Å². The van der Waals surface area contributed by atoms with Gasteiger partial charge >= 0.3 is 23.9 Å². The van der Waals surface area contributed by atoms with Gasteiger partial charge in [-0.05, 0) is 26.7 Å². The lowest BCUT2D eigenvalue weighted by atomic mass is 9.97. The van der Waals surface area contributed by atoms with Gasteiger partial charge in [0.1, 0.15) is 26.4 Å². The van der Waals surface area contributed by atoms with Crippen LogP contribution in [0.3, 0.4) is 0 Å². The van der Waals surface area contributed by atoms with Crippen molar-refractivity contribution in [3.8, 4) is 12.1 Å². The SMILES string of the molecule is C=CC(=O)OCCOC(=O)CCC(C)(C#N)N=NC(C)(C#N)CCC(=O)OCCOC(=O)C=C. The topological polar surface area (TPSA) is 177 Å². The lowest BCUT2D eigenvalue weighted by molar-refractivity contribution is -0.150. The molecule has 0 aliphatic rings. The predicted molar refractivity (Wildman–Crippen MR) is 116 cm³/mol. The van der Waals surface area contributed by atoms with Gasteiger partial charge in [-0.15, -0.1) is 0 Å². The van der Waals surface area contributed by atoms with Crippen LogP contribution < -0.4 is 0 Å². The molecule has 0 saturated heterocycles. The summed E-state index contributed by atoms with van der Waals surface area (Å²) in [6, 6.07) is 3.87. The van der Waals surface area contributed by atoms with Crippen LogP contribution in [-0.4, -0.2) is 61.4 Å². The molecule has 0 N–H and O–H groups in total.